The van der Waals surface area contributed by atoms with E-state index in [9.17, 15) is 14.7 Å². The summed E-state index contributed by atoms with van der Waals surface area (Å²) in [5.41, 5.74) is 2.27. The van der Waals surface area contributed by atoms with Gasteiger partial charge in [0.15, 0.2) is 0 Å². The molecule has 0 saturated carbocycles. The molecule has 0 amide bonds. The number of carbonyl (C=O) groups is 2. The molecule has 0 radical (unpaired) electrons. The van der Waals surface area contributed by atoms with E-state index in [1.165, 1.54) is 0 Å². The van der Waals surface area contributed by atoms with Crippen LogP contribution in [0.25, 0.3) is 0 Å². The minimum atomic E-state index is -0.838. The van der Waals surface area contributed by atoms with Crippen LogP contribution in [0.2, 0.25) is 0 Å². The van der Waals surface area contributed by atoms with Crippen LogP contribution in [0, 0.1) is 11.8 Å². The fraction of sp³-hybridized carbons (Fsp3) is 0.444. The fourth-order valence-corrected chi connectivity index (χ4v) is 3.29. The maximum Gasteiger partial charge on any atom is 0.338 e. The number of anilines is 1. The third-order valence-corrected chi connectivity index (χ3v) is 4.41. The Morgan fingerprint density at radius 2 is 2.17 bits per heavy atom. The highest BCUT2D eigenvalue weighted by Crippen LogP contribution is 2.44. The zero-order valence-electron chi connectivity index (χ0n) is 13.3. The van der Waals surface area contributed by atoms with Crippen LogP contribution < -0.4 is 5.32 Å². The van der Waals surface area contributed by atoms with Gasteiger partial charge in [-0.25, -0.2) is 9.59 Å². The van der Waals surface area contributed by atoms with Crippen molar-refractivity contribution >= 4 is 17.6 Å². The highest BCUT2D eigenvalue weighted by atomic mass is 16.5. The smallest absolute Gasteiger partial charge is 0.338 e. The fourth-order valence-electron chi connectivity index (χ4n) is 3.29. The van der Waals surface area contributed by atoms with Crippen molar-refractivity contribution in [1.82, 2.24) is 0 Å². The molecule has 0 spiro atoms. The molecule has 1 aliphatic carbocycles. The Morgan fingerprint density at radius 1 is 1.39 bits per heavy atom. The molecule has 2 aliphatic rings. The van der Waals surface area contributed by atoms with E-state index in [0.29, 0.717) is 12.2 Å². The Balaban J connectivity index is 1.88. The van der Waals surface area contributed by atoms with Crippen molar-refractivity contribution in [2.24, 2.45) is 11.8 Å². The van der Waals surface area contributed by atoms with Crippen molar-refractivity contribution in [3.63, 3.8) is 0 Å². The van der Waals surface area contributed by atoms with Crippen molar-refractivity contribution < 1.29 is 19.4 Å². The van der Waals surface area contributed by atoms with Crippen LogP contribution in [-0.2, 0) is 9.53 Å². The molecular weight excluding hydrogens is 294 g/mol. The number of fused-ring (bicyclic) bond motifs is 3. The number of esters is 1. The van der Waals surface area contributed by atoms with Crippen molar-refractivity contribution in [1.29, 1.82) is 0 Å². The molecule has 5 nitrogen and oxygen atoms in total. The van der Waals surface area contributed by atoms with Gasteiger partial charge in [-0.1, -0.05) is 26.0 Å². The number of carbonyl (C=O) groups excluding carboxylic acids is 1. The summed E-state index contributed by atoms with van der Waals surface area (Å²) < 4.78 is 5.28. The average molecular weight is 315 g/mol. The quantitative estimate of drug-likeness (QED) is 0.660. The Morgan fingerprint density at radius 3 is 2.87 bits per heavy atom. The molecule has 23 heavy (non-hydrogen) atoms. The van der Waals surface area contributed by atoms with Crippen molar-refractivity contribution in [3.05, 3.63) is 41.5 Å². The predicted octanol–water partition coefficient (Wildman–Crippen LogP) is 3.04. The largest absolute Gasteiger partial charge is 0.480 e. The third-order valence-electron chi connectivity index (χ3n) is 4.41. The predicted molar refractivity (Wildman–Crippen MR) is 86.6 cm³/mol. The van der Waals surface area contributed by atoms with Crippen LogP contribution in [0.4, 0.5) is 5.69 Å². The van der Waals surface area contributed by atoms with Crippen LogP contribution in [0.3, 0.4) is 0 Å². The number of hydrogen-bond acceptors (Lipinski definition) is 4. The first-order valence-corrected chi connectivity index (χ1v) is 7.94. The Hall–Kier alpha value is -2.30. The van der Waals surface area contributed by atoms with E-state index in [2.05, 4.69) is 5.32 Å². The number of nitrogens with one attached hydrogen (secondary N) is 1. The zero-order valence-corrected chi connectivity index (χ0v) is 13.3. The summed E-state index contributed by atoms with van der Waals surface area (Å²) in [6, 6.07) is 4.70. The molecule has 122 valence electrons. The van der Waals surface area contributed by atoms with E-state index >= 15 is 0 Å². The first-order valence-electron chi connectivity index (χ1n) is 7.94. The third kappa shape index (κ3) is 2.96. The summed E-state index contributed by atoms with van der Waals surface area (Å²) in [6.07, 6.45) is 4.80. The highest BCUT2D eigenvalue weighted by Gasteiger charge is 2.40. The summed E-state index contributed by atoms with van der Waals surface area (Å²) in [5.74, 6) is -0.862. The maximum atomic E-state index is 12.1. The van der Waals surface area contributed by atoms with Crippen LogP contribution in [0.5, 0.6) is 0 Å². The molecule has 0 unspecified atom stereocenters. The summed E-state index contributed by atoms with van der Waals surface area (Å²) in [7, 11) is 0. The molecule has 1 heterocycles. The lowest BCUT2D eigenvalue weighted by molar-refractivity contribution is -0.139. The van der Waals surface area contributed by atoms with Gasteiger partial charge in [-0.05, 0) is 36.1 Å². The molecule has 0 fully saturated rings. The normalized spacial score (nSPS) is 24.7. The lowest BCUT2D eigenvalue weighted by Gasteiger charge is -2.34. The van der Waals surface area contributed by atoms with Crippen LogP contribution >= 0.6 is 0 Å². The van der Waals surface area contributed by atoms with E-state index in [1.807, 2.05) is 32.1 Å². The number of carboxylic acids is 1. The molecule has 1 aromatic carbocycles. The van der Waals surface area contributed by atoms with Crippen molar-refractivity contribution in [3.8, 4) is 0 Å². The summed E-state index contributed by atoms with van der Waals surface area (Å²) in [6.45, 7) is 4.37. The minimum Gasteiger partial charge on any atom is -0.480 e. The molecule has 1 aromatic rings. The topological polar surface area (TPSA) is 75.6 Å². The summed E-state index contributed by atoms with van der Waals surface area (Å²) in [5, 5.41) is 12.5. The molecule has 2 N–H and O–H groups in total. The van der Waals surface area contributed by atoms with E-state index in [4.69, 9.17) is 4.74 Å². The first-order chi connectivity index (χ1) is 11.0. The summed E-state index contributed by atoms with van der Waals surface area (Å²) >= 11 is 0. The molecule has 1 aliphatic heterocycles. The molecule has 0 saturated heterocycles. The number of aliphatic carboxylic acids is 1. The monoisotopic (exact) mass is 315 g/mol. The second kappa shape index (κ2) is 6.07. The van der Waals surface area contributed by atoms with Crippen LogP contribution in [0.1, 0.15) is 42.1 Å². The Bertz CT molecular complexity index is 665. The number of benzene rings is 1. The molecule has 0 aromatic heterocycles. The van der Waals surface area contributed by atoms with Gasteiger partial charge in [-0.3, -0.25) is 0 Å². The standard InChI is InChI=1S/C18H21NO4/c1-10(2)9-23-18(22)11-6-7-15-14(8-11)12-4-3-5-13(12)16(19-15)17(20)21/h3-4,6-8,10,12-13,16,19H,5,9H2,1-2H3,(H,20,21)/t12-,13-,16+/m0/s1. The van der Waals surface area contributed by atoms with E-state index < -0.39 is 12.0 Å². The molecule has 3 rings (SSSR count). The van der Waals surface area contributed by atoms with Crippen LogP contribution in [0.15, 0.2) is 30.4 Å². The van der Waals surface area contributed by atoms with Gasteiger partial charge in [0.1, 0.15) is 6.04 Å². The number of ether oxygens (including phenoxy) is 1. The van der Waals surface area contributed by atoms with Gasteiger partial charge in [0.05, 0.1) is 12.2 Å². The average Bonchev–Trinajstić information content (AvgIpc) is 3.00. The number of hydrogen-bond donors (Lipinski definition) is 2. The van der Waals surface area contributed by atoms with Gasteiger partial charge in [-0.2, -0.15) is 0 Å². The van der Waals surface area contributed by atoms with E-state index in [0.717, 1.165) is 17.7 Å². The second-order valence-corrected chi connectivity index (χ2v) is 6.61. The SMILES string of the molecule is CC(C)COC(=O)c1ccc2c(c1)[C@H]1C=CC[C@@H]1[C@H](C(=O)O)N2. The molecule has 5 heteroatoms. The second-order valence-electron chi connectivity index (χ2n) is 6.61. The first kappa shape index (κ1) is 15.6. The Labute approximate surface area is 135 Å². The Kier molecular flexibility index (Phi) is 4.11. The molecule has 3 atom stereocenters. The van der Waals surface area contributed by atoms with Gasteiger partial charge in [-0.15, -0.1) is 0 Å². The highest BCUT2D eigenvalue weighted by molar-refractivity contribution is 5.91. The number of carboxylic acid groups (broad SMARTS) is 1. The van der Waals surface area contributed by atoms with Gasteiger partial charge < -0.3 is 15.2 Å². The van der Waals surface area contributed by atoms with E-state index in [1.54, 1.807) is 12.1 Å². The van der Waals surface area contributed by atoms with Gasteiger partial charge >= 0.3 is 11.9 Å². The lowest BCUT2D eigenvalue weighted by Crippen LogP contribution is -2.41. The lowest BCUT2D eigenvalue weighted by atomic mass is 9.79. The van der Waals surface area contributed by atoms with Crippen molar-refractivity contribution in [2.75, 3.05) is 11.9 Å². The maximum absolute atomic E-state index is 12.1. The van der Waals surface area contributed by atoms with Gasteiger partial charge in [0.2, 0.25) is 0 Å². The number of allylic oxidation sites excluding steroid dienone is 2. The minimum absolute atomic E-state index is 0.0121. The summed E-state index contributed by atoms with van der Waals surface area (Å²) in [4.78, 5) is 23.6. The van der Waals surface area contributed by atoms with E-state index in [-0.39, 0.29) is 23.7 Å². The number of rotatable bonds is 4. The van der Waals surface area contributed by atoms with Gasteiger partial charge in [0, 0.05) is 17.5 Å². The molecule has 0 bridgehead atoms. The zero-order chi connectivity index (χ0) is 16.6. The van der Waals surface area contributed by atoms with Gasteiger partial charge in [0.25, 0.3) is 0 Å². The molecular formula is C18H21NO4. The van der Waals surface area contributed by atoms with Crippen LogP contribution in [-0.4, -0.2) is 29.7 Å². The van der Waals surface area contributed by atoms with Crippen molar-refractivity contribution in [2.45, 2.75) is 32.2 Å².